The summed E-state index contributed by atoms with van der Waals surface area (Å²) in [6.45, 7) is 0.783. The summed E-state index contributed by atoms with van der Waals surface area (Å²) in [5.41, 5.74) is 4.67. The Kier molecular flexibility index (Phi) is 2.56. The lowest BCUT2D eigenvalue weighted by Gasteiger charge is -2.12. The molecule has 1 aromatic carbocycles. The molecule has 2 nitrogen and oxygen atoms in total. The molecule has 0 unspecified atom stereocenters. The number of nitrogens with one attached hydrogen (secondary N) is 1. The second-order valence-corrected chi connectivity index (χ2v) is 4.56. The number of halogens is 1. The third kappa shape index (κ3) is 1.71. The van der Waals surface area contributed by atoms with Crippen LogP contribution in [0.3, 0.4) is 0 Å². The molecule has 0 bridgehead atoms. The van der Waals surface area contributed by atoms with Crippen LogP contribution in [0, 0.1) is 5.82 Å². The summed E-state index contributed by atoms with van der Waals surface area (Å²) in [7, 11) is 1.92. The minimum absolute atomic E-state index is 0.186. The zero-order valence-corrected chi connectivity index (χ0v) is 9.89. The van der Waals surface area contributed by atoms with Crippen molar-refractivity contribution < 1.29 is 4.39 Å². The van der Waals surface area contributed by atoms with Gasteiger partial charge < -0.3 is 5.32 Å². The Morgan fingerprint density at radius 1 is 1.35 bits per heavy atom. The van der Waals surface area contributed by atoms with Crippen LogP contribution in [0.15, 0.2) is 18.2 Å². The Hall–Kier alpha value is -1.48. The SMILES string of the molecule is CNCc1c2c(nc3ccc(F)cc13)CCC2. The molecule has 0 spiro atoms. The molecule has 0 amide bonds. The normalized spacial score (nSPS) is 14.2. The summed E-state index contributed by atoms with van der Waals surface area (Å²) in [5.74, 6) is -0.186. The number of aromatic nitrogens is 1. The van der Waals surface area contributed by atoms with E-state index in [1.54, 1.807) is 12.1 Å². The lowest BCUT2D eigenvalue weighted by molar-refractivity contribution is 0.629. The molecule has 17 heavy (non-hydrogen) atoms. The van der Waals surface area contributed by atoms with Gasteiger partial charge in [0.2, 0.25) is 0 Å². The summed E-state index contributed by atoms with van der Waals surface area (Å²) in [6.07, 6.45) is 3.29. The summed E-state index contributed by atoms with van der Waals surface area (Å²) in [5, 5.41) is 4.13. The molecule has 1 aliphatic rings. The third-order valence-corrected chi connectivity index (χ3v) is 3.45. The molecule has 1 N–H and O–H groups in total. The van der Waals surface area contributed by atoms with E-state index in [0.29, 0.717) is 0 Å². The van der Waals surface area contributed by atoms with Gasteiger partial charge in [0, 0.05) is 17.6 Å². The van der Waals surface area contributed by atoms with Gasteiger partial charge in [-0.15, -0.1) is 0 Å². The van der Waals surface area contributed by atoms with Crippen LogP contribution in [0.2, 0.25) is 0 Å². The number of nitrogens with zero attached hydrogens (tertiary/aromatic N) is 1. The van der Waals surface area contributed by atoms with E-state index < -0.39 is 0 Å². The van der Waals surface area contributed by atoms with Crippen LogP contribution >= 0.6 is 0 Å². The number of fused-ring (bicyclic) bond motifs is 2. The van der Waals surface area contributed by atoms with Gasteiger partial charge >= 0.3 is 0 Å². The first-order valence-corrected chi connectivity index (χ1v) is 6.04. The Bertz CT molecular complexity index is 578. The van der Waals surface area contributed by atoms with Crippen LogP contribution in [0.4, 0.5) is 4.39 Å². The summed E-state index contributed by atoms with van der Waals surface area (Å²) >= 11 is 0. The molecule has 88 valence electrons. The van der Waals surface area contributed by atoms with E-state index in [0.717, 1.165) is 36.7 Å². The predicted molar refractivity (Wildman–Crippen MR) is 66.5 cm³/mol. The number of benzene rings is 1. The van der Waals surface area contributed by atoms with E-state index in [1.807, 2.05) is 7.05 Å². The smallest absolute Gasteiger partial charge is 0.123 e. The highest BCUT2D eigenvalue weighted by molar-refractivity contribution is 5.84. The largest absolute Gasteiger partial charge is 0.316 e. The van der Waals surface area contributed by atoms with Crippen LogP contribution in [0.25, 0.3) is 10.9 Å². The molecule has 3 heteroatoms. The standard InChI is InChI=1S/C14H15FN2/c1-16-8-12-10-3-2-4-13(10)17-14-6-5-9(15)7-11(12)14/h5-7,16H,2-4,8H2,1H3. The molecule has 3 rings (SSSR count). The van der Waals surface area contributed by atoms with Crippen LogP contribution < -0.4 is 5.32 Å². The number of hydrogen-bond donors (Lipinski definition) is 1. The molecule has 0 atom stereocenters. The van der Waals surface area contributed by atoms with Crippen LogP contribution in [0.5, 0.6) is 0 Å². The summed E-state index contributed by atoms with van der Waals surface area (Å²) in [6, 6.07) is 4.87. The van der Waals surface area contributed by atoms with E-state index in [-0.39, 0.29) is 5.82 Å². The van der Waals surface area contributed by atoms with Crippen molar-refractivity contribution in [2.24, 2.45) is 0 Å². The number of aryl methyl sites for hydroxylation is 1. The van der Waals surface area contributed by atoms with Gasteiger partial charge in [-0.3, -0.25) is 4.98 Å². The molecular formula is C14H15FN2. The maximum atomic E-state index is 13.4. The Balaban J connectivity index is 2.32. The fraction of sp³-hybridized carbons (Fsp3) is 0.357. The predicted octanol–water partition coefficient (Wildman–Crippen LogP) is 2.58. The lowest BCUT2D eigenvalue weighted by atomic mass is 10.0. The first-order valence-electron chi connectivity index (χ1n) is 6.04. The minimum atomic E-state index is -0.186. The number of pyridine rings is 1. The molecule has 1 aromatic heterocycles. The quantitative estimate of drug-likeness (QED) is 0.857. The summed E-state index contributed by atoms with van der Waals surface area (Å²) < 4.78 is 13.4. The Morgan fingerprint density at radius 2 is 2.24 bits per heavy atom. The van der Waals surface area contributed by atoms with Crippen molar-refractivity contribution in [2.75, 3.05) is 7.05 Å². The van der Waals surface area contributed by atoms with Gasteiger partial charge in [-0.2, -0.15) is 0 Å². The van der Waals surface area contributed by atoms with E-state index in [4.69, 9.17) is 0 Å². The van der Waals surface area contributed by atoms with E-state index in [2.05, 4.69) is 10.3 Å². The van der Waals surface area contributed by atoms with E-state index >= 15 is 0 Å². The monoisotopic (exact) mass is 230 g/mol. The van der Waals surface area contributed by atoms with Gasteiger partial charge in [0.05, 0.1) is 5.52 Å². The topological polar surface area (TPSA) is 24.9 Å². The lowest BCUT2D eigenvalue weighted by Crippen LogP contribution is -2.09. The second kappa shape index (κ2) is 4.08. The van der Waals surface area contributed by atoms with Gasteiger partial charge in [0.25, 0.3) is 0 Å². The van der Waals surface area contributed by atoms with Crippen molar-refractivity contribution in [1.82, 2.24) is 10.3 Å². The molecule has 0 aliphatic heterocycles. The first kappa shape index (κ1) is 10.7. The zero-order chi connectivity index (χ0) is 11.8. The van der Waals surface area contributed by atoms with Crippen molar-refractivity contribution in [2.45, 2.75) is 25.8 Å². The molecule has 1 aliphatic carbocycles. The van der Waals surface area contributed by atoms with Gasteiger partial charge in [-0.05, 0) is 55.6 Å². The summed E-state index contributed by atoms with van der Waals surface area (Å²) in [4.78, 5) is 4.65. The van der Waals surface area contributed by atoms with Crippen molar-refractivity contribution in [3.63, 3.8) is 0 Å². The fourth-order valence-electron chi connectivity index (χ4n) is 2.71. The molecule has 1 heterocycles. The molecule has 0 saturated heterocycles. The average molecular weight is 230 g/mol. The van der Waals surface area contributed by atoms with Crippen LogP contribution in [0.1, 0.15) is 23.2 Å². The van der Waals surface area contributed by atoms with Crippen LogP contribution in [-0.4, -0.2) is 12.0 Å². The highest BCUT2D eigenvalue weighted by Crippen LogP contribution is 2.30. The Labute approximate surface area is 99.9 Å². The zero-order valence-electron chi connectivity index (χ0n) is 9.89. The average Bonchev–Trinajstić information content (AvgIpc) is 2.77. The van der Waals surface area contributed by atoms with Crippen molar-refractivity contribution in [1.29, 1.82) is 0 Å². The highest BCUT2D eigenvalue weighted by Gasteiger charge is 2.19. The maximum absolute atomic E-state index is 13.4. The van der Waals surface area contributed by atoms with Crippen molar-refractivity contribution >= 4 is 10.9 Å². The van der Waals surface area contributed by atoms with Gasteiger partial charge in [0.1, 0.15) is 5.82 Å². The number of hydrogen-bond acceptors (Lipinski definition) is 2. The maximum Gasteiger partial charge on any atom is 0.123 e. The van der Waals surface area contributed by atoms with E-state index in [9.17, 15) is 4.39 Å². The second-order valence-electron chi connectivity index (χ2n) is 4.56. The van der Waals surface area contributed by atoms with E-state index in [1.165, 1.54) is 22.9 Å². The van der Waals surface area contributed by atoms with Crippen molar-refractivity contribution in [3.8, 4) is 0 Å². The van der Waals surface area contributed by atoms with Crippen molar-refractivity contribution in [3.05, 3.63) is 40.8 Å². The van der Waals surface area contributed by atoms with Gasteiger partial charge in [-0.25, -0.2) is 4.39 Å². The molecule has 0 radical (unpaired) electrons. The first-order chi connectivity index (χ1) is 8.29. The number of rotatable bonds is 2. The molecular weight excluding hydrogens is 215 g/mol. The Morgan fingerprint density at radius 3 is 3.06 bits per heavy atom. The minimum Gasteiger partial charge on any atom is -0.316 e. The fourth-order valence-corrected chi connectivity index (χ4v) is 2.71. The molecule has 0 saturated carbocycles. The van der Waals surface area contributed by atoms with Crippen LogP contribution in [-0.2, 0) is 19.4 Å². The third-order valence-electron chi connectivity index (χ3n) is 3.45. The van der Waals surface area contributed by atoms with Gasteiger partial charge in [0.15, 0.2) is 0 Å². The molecule has 0 fully saturated rings. The molecule has 2 aromatic rings. The van der Waals surface area contributed by atoms with Gasteiger partial charge in [-0.1, -0.05) is 0 Å². The highest BCUT2D eigenvalue weighted by atomic mass is 19.1.